The van der Waals surface area contributed by atoms with Crippen molar-refractivity contribution in [2.24, 2.45) is 0 Å². The Hall–Kier alpha value is -6.12. The van der Waals surface area contributed by atoms with E-state index in [1.165, 1.54) is 44.5 Å². The molecule has 1 atom stereocenters. The quantitative estimate of drug-likeness (QED) is 0.150. The number of fused-ring (bicyclic) bond motifs is 3. The third-order valence-electron chi connectivity index (χ3n) is 9.88. The van der Waals surface area contributed by atoms with Crippen molar-refractivity contribution in [2.45, 2.75) is 39.5 Å². The van der Waals surface area contributed by atoms with E-state index in [1.54, 1.807) is 0 Å². The fourth-order valence-electron chi connectivity index (χ4n) is 7.66. The standard InChI is InChI=1S/C48H38N2.C2H6/c1-3-13-34(14-4-2)35-21-23-37(24-22-35)47-33-39(32-46(50-47)36-15-7-5-8-16-36)38-25-26-45-43(31-38)42-19-11-12-20-44(42)48(45,40-17-9-6-10-18-40)41-27-29-49-30-28-41;1-2/h3,5-33H,4H2,1-2H3;1-2H3/b13-3-,34-14+;. The lowest BCUT2D eigenvalue weighted by Gasteiger charge is -2.33. The van der Waals surface area contributed by atoms with Gasteiger partial charge in [0, 0.05) is 23.5 Å². The maximum atomic E-state index is 5.22. The van der Waals surface area contributed by atoms with E-state index in [-0.39, 0.29) is 0 Å². The maximum Gasteiger partial charge on any atom is 0.0715 e. The van der Waals surface area contributed by atoms with Crippen LogP contribution in [-0.4, -0.2) is 9.97 Å². The van der Waals surface area contributed by atoms with Gasteiger partial charge >= 0.3 is 0 Å². The van der Waals surface area contributed by atoms with E-state index >= 15 is 0 Å². The van der Waals surface area contributed by atoms with Crippen molar-refractivity contribution in [3.8, 4) is 44.8 Å². The van der Waals surface area contributed by atoms with E-state index in [9.17, 15) is 0 Å². The monoisotopic (exact) mass is 672 g/mol. The van der Waals surface area contributed by atoms with Crippen molar-refractivity contribution >= 4 is 5.57 Å². The van der Waals surface area contributed by atoms with Gasteiger partial charge in [-0.2, -0.15) is 0 Å². The molecule has 1 unspecified atom stereocenters. The van der Waals surface area contributed by atoms with Crippen LogP contribution in [0.2, 0.25) is 0 Å². The Labute approximate surface area is 308 Å². The van der Waals surface area contributed by atoms with E-state index in [0.29, 0.717) is 0 Å². The molecule has 1 aliphatic rings. The third kappa shape index (κ3) is 6.22. The molecule has 52 heavy (non-hydrogen) atoms. The zero-order chi connectivity index (χ0) is 35.9. The molecule has 7 aromatic rings. The van der Waals surface area contributed by atoms with E-state index in [2.05, 4.69) is 189 Å². The number of rotatable bonds is 8. The molecule has 0 aliphatic heterocycles. The normalized spacial score (nSPS) is 14.7. The Bertz CT molecular complexity index is 2300. The van der Waals surface area contributed by atoms with Gasteiger partial charge < -0.3 is 0 Å². The second kappa shape index (κ2) is 15.4. The predicted molar refractivity (Wildman–Crippen MR) is 220 cm³/mol. The second-order valence-electron chi connectivity index (χ2n) is 12.8. The molecule has 0 spiro atoms. The molecule has 254 valence electrons. The number of hydrogen-bond donors (Lipinski definition) is 0. The van der Waals surface area contributed by atoms with Crippen LogP contribution in [0.1, 0.15) is 61.9 Å². The molecule has 2 nitrogen and oxygen atoms in total. The smallest absolute Gasteiger partial charge is 0.0715 e. The third-order valence-corrected chi connectivity index (χ3v) is 9.88. The molecule has 0 saturated carbocycles. The van der Waals surface area contributed by atoms with Crippen LogP contribution in [-0.2, 0) is 5.41 Å². The van der Waals surface area contributed by atoms with Crippen LogP contribution in [0.5, 0.6) is 0 Å². The lowest BCUT2D eigenvalue weighted by atomic mass is 9.68. The number of benzene rings is 5. The Balaban J connectivity index is 0.00000207. The Morgan fingerprint density at radius 3 is 1.81 bits per heavy atom. The molecule has 8 rings (SSSR count). The molecule has 0 fully saturated rings. The van der Waals surface area contributed by atoms with Crippen LogP contribution in [0.25, 0.3) is 50.3 Å². The Morgan fingerprint density at radius 1 is 0.558 bits per heavy atom. The van der Waals surface area contributed by atoms with Crippen molar-refractivity contribution in [3.05, 3.63) is 210 Å². The van der Waals surface area contributed by atoms with Crippen molar-refractivity contribution in [1.29, 1.82) is 0 Å². The van der Waals surface area contributed by atoms with Gasteiger partial charge in [-0.1, -0.05) is 160 Å². The summed E-state index contributed by atoms with van der Waals surface area (Å²) in [5, 5.41) is 0. The summed E-state index contributed by atoms with van der Waals surface area (Å²) in [4.78, 5) is 9.61. The molecule has 2 heterocycles. The maximum absolute atomic E-state index is 5.22. The SMILES string of the molecule is C/C=C\C(=C/CC)c1ccc(-c2cc(-c3ccc4c(c3)-c3ccccc3C4(c3ccccc3)c3ccncc3)cc(-c3ccccc3)n2)cc1.CC. The number of allylic oxidation sites excluding steroid dienone is 4. The number of nitrogens with zero attached hydrogens (tertiary/aromatic N) is 2. The first-order valence-electron chi connectivity index (χ1n) is 18.4. The number of aromatic nitrogens is 2. The Kier molecular flexibility index (Phi) is 10.2. The highest BCUT2D eigenvalue weighted by Crippen LogP contribution is 2.56. The topological polar surface area (TPSA) is 25.8 Å². The zero-order valence-corrected chi connectivity index (χ0v) is 30.4. The fraction of sp³-hybridized carbons (Fsp3) is 0.120. The van der Waals surface area contributed by atoms with E-state index < -0.39 is 5.41 Å². The van der Waals surface area contributed by atoms with Gasteiger partial charge in [-0.3, -0.25) is 4.98 Å². The van der Waals surface area contributed by atoms with Crippen molar-refractivity contribution in [1.82, 2.24) is 9.97 Å². The van der Waals surface area contributed by atoms with Gasteiger partial charge in [-0.25, -0.2) is 4.98 Å². The van der Waals surface area contributed by atoms with Gasteiger partial charge in [0.1, 0.15) is 0 Å². The number of hydrogen-bond acceptors (Lipinski definition) is 2. The largest absolute Gasteiger partial charge is 0.265 e. The summed E-state index contributed by atoms with van der Waals surface area (Å²) in [6.45, 7) is 8.24. The van der Waals surface area contributed by atoms with Crippen LogP contribution in [0.15, 0.2) is 182 Å². The minimum atomic E-state index is -0.451. The molecule has 2 aromatic heterocycles. The number of pyridine rings is 2. The van der Waals surface area contributed by atoms with Crippen LogP contribution < -0.4 is 0 Å². The molecule has 2 heteroatoms. The fourth-order valence-corrected chi connectivity index (χ4v) is 7.66. The van der Waals surface area contributed by atoms with Crippen molar-refractivity contribution < 1.29 is 0 Å². The first-order chi connectivity index (χ1) is 25.7. The van der Waals surface area contributed by atoms with Crippen LogP contribution >= 0.6 is 0 Å². The minimum absolute atomic E-state index is 0.451. The van der Waals surface area contributed by atoms with Gasteiger partial charge in [0.2, 0.25) is 0 Å². The summed E-state index contributed by atoms with van der Waals surface area (Å²) < 4.78 is 0. The molecule has 1 aliphatic carbocycles. The highest BCUT2D eigenvalue weighted by atomic mass is 14.7. The van der Waals surface area contributed by atoms with Gasteiger partial charge in [-0.15, -0.1) is 0 Å². The predicted octanol–water partition coefficient (Wildman–Crippen LogP) is 13.2. The summed E-state index contributed by atoms with van der Waals surface area (Å²) in [5.41, 5.74) is 16.0. The minimum Gasteiger partial charge on any atom is -0.265 e. The summed E-state index contributed by atoms with van der Waals surface area (Å²) in [6.07, 6.45) is 11.4. The first kappa shape index (κ1) is 34.3. The highest BCUT2D eigenvalue weighted by Gasteiger charge is 2.46. The van der Waals surface area contributed by atoms with Gasteiger partial charge in [0.25, 0.3) is 0 Å². The van der Waals surface area contributed by atoms with E-state index in [1.807, 2.05) is 26.2 Å². The zero-order valence-electron chi connectivity index (χ0n) is 30.4. The van der Waals surface area contributed by atoms with Gasteiger partial charge in [0.15, 0.2) is 0 Å². The van der Waals surface area contributed by atoms with Gasteiger partial charge in [-0.05, 0) is 99.3 Å². The van der Waals surface area contributed by atoms with Crippen LogP contribution in [0.3, 0.4) is 0 Å². The summed E-state index contributed by atoms with van der Waals surface area (Å²) in [6, 6.07) is 54.9. The van der Waals surface area contributed by atoms with Crippen LogP contribution in [0, 0.1) is 0 Å². The Morgan fingerprint density at radius 2 is 1.13 bits per heavy atom. The average molecular weight is 673 g/mol. The van der Waals surface area contributed by atoms with E-state index in [4.69, 9.17) is 4.98 Å². The summed E-state index contributed by atoms with van der Waals surface area (Å²) in [7, 11) is 0. The lowest BCUT2D eigenvalue weighted by Crippen LogP contribution is -2.28. The first-order valence-corrected chi connectivity index (χ1v) is 18.4. The molecule has 0 amide bonds. The molecule has 0 N–H and O–H groups in total. The molecule has 5 aromatic carbocycles. The van der Waals surface area contributed by atoms with Crippen molar-refractivity contribution in [3.63, 3.8) is 0 Å². The average Bonchev–Trinajstić information content (AvgIpc) is 3.53. The summed E-state index contributed by atoms with van der Waals surface area (Å²) >= 11 is 0. The molecule has 0 bridgehead atoms. The molecule has 0 saturated heterocycles. The highest BCUT2D eigenvalue weighted by molar-refractivity contribution is 5.89. The lowest BCUT2D eigenvalue weighted by molar-refractivity contribution is 0.766. The van der Waals surface area contributed by atoms with Crippen LogP contribution in [0.4, 0.5) is 0 Å². The summed E-state index contributed by atoms with van der Waals surface area (Å²) in [5.74, 6) is 0. The second-order valence-corrected chi connectivity index (χ2v) is 12.8. The van der Waals surface area contributed by atoms with E-state index in [0.717, 1.165) is 40.1 Å². The molecule has 0 radical (unpaired) electrons. The molecular formula is C50H44N2. The molecular weight excluding hydrogens is 629 g/mol. The van der Waals surface area contributed by atoms with Crippen molar-refractivity contribution in [2.75, 3.05) is 0 Å². The van der Waals surface area contributed by atoms with Gasteiger partial charge in [0.05, 0.1) is 16.8 Å².